The van der Waals surface area contributed by atoms with E-state index >= 15 is 0 Å². The maximum Gasteiger partial charge on any atom is 0.417 e. The smallest absolute Gasteiger partial charge is 0.368 e. The SMILES string of the molecule is C=CC(=O)N1CCN(c2nc(=O)n3c4c(c(-c5csc6cnc(N)nc56)c(C(F)(F)F)cc24)SCC3C)CC1. The molecule has 4 aromatic rings. The quantitative estimate of drug-likeness (QED) is 0.364. The van der Waals surface area contributed by atoms with Gasteiger partial charge in [0.1, 0.15) is 5.82 Å². The second-order valence-corrected chi connectivity index (χ2v) is 11.3. The highest BCUT2D eigenvalue weighted by atomic mass is 32.2. The van der Waals surface area contributed by atoms with Crippen LogP contribution in [0.15, 0.2) is 40.0 Å². The van der Waals surface area contributed by atoms with Crippen LogP contribution in [-0.2, 0) is 11.0 Å². The number of thiophene rings is 1. The van der Waals surface area contributed by atoms with Crippen LogP contribution >= 0.6 is 23.1 Å². The van der Waals surface area contributed by atoms with E-state index in [9.17, 15) is 22.8 Å². The van der Waals surface area contributed by atoms with Crippen LogP contribution in [0.25, 0.3) is 32.2 Å². The van der Waals surface area contributed by atoms with Crippen molar-refractivity contribution in [1.82, 2.24) is 24.4 Å². The number of nitrogens with two attached hydrogens (primary N) is 1. The summed E-state index contributed by atoms with van der Waals surface area (Å²) < 4.78 is 46.4. The molecule has 3 aromatic heterocycles. The van der Waals surface area contributed by atoms with Gasteiger partial charge in [-0.25, -0.2) is 14.8 Å². The van der Waals surface area contributed by atoms with E-state index in [-0.39, 0.29) is 34.7 Å². The summed E-state index contributed by atoms with van der Waals surface area (Å²) in [4.78, 5) is 41.7. The summed E-state index contributed by atoms with van der Waals surface area (Å²) in [5.74, 6) is 0.329. The largest absolute Gasteiger partial charge is 0.417 e. The number of hydrogen-bond donors (Lipinski definition) is 1. The maximum absolute atomic E-state index is 14.8. The Balaban J connectivity index is 1.64. The van der Waals surface area contributed by atoms with Gasteiger partial charge in [0.2, 0.25) is 11.9 Å². The summed E-state index contributed by atoms with van der Waals surface area (Å²) in [5.41, 5.74) is 5.46. The summed E-state index contributed by atoms with van der Waals surface area (Å²) in [6, 6.07) is 0.822. The summed E-state index contributed by atoms with van der Waals surface area (Å²) in [6.45, 7) is 6.66. The maximum atomic E-state index is 14.8. The fraction of sp³-hybridized carbons (Fsp3) is 0.320. The highest BCUT2D eigenvalue weighted by Crippen LogP contribution is 2.51. The predicted octanol–water partition coefficient (Wildman–Crippen LogP) is 4.17. The van der Waals surface area contributed by atoms with Crippen molar-refractivity contribution in [2.45, 2.75) is 24.0 Å². The molecule has 1 atom stereocenters. The average Bonchev–Trinajstić information content (AvgIpc) is 3.32. The third-order valence-corrected chi connectivity index (χ3v) is 9.27. The van der Waals surface area contributed by atoms with Crippen LogP contribution in [0.2, 0.25) is 0 Å². The van der Waals surface area contributed by atoms with Crippen molar-refractivity contribution in [2.24, 2.45) is 0 Å². The third-order valence-electron chi connectivity index (χ3n) is 7.03. The van der Waals surface area contributed by atoms with Crippen LogP contribution in [0, 0.1) is 0 Å². The van der Waals surface area contributed by atoms with E-state index in [2.05, 4.69) is 21.5 Å². The lowest BCUT2D eigenvalue weighted by molar-refractivity contribution is -0.137. The van der Waals surface area contributed by atoms with E-state index in [1.807, 2.05) is 6.92 Å². The first-order valence-corrected chi connectivity index (χ1v) is 13.9. The van der Waals surface area contributed by atoms with Crippen LogP contribution in [0.3, 0.4) is 0 Å². The molecule has 9 nitrogen and oxygen atoms in total. The number of carbonyl (C=O) groups is 1. The van der Waals surface area contributed by atoms with Crippen molar-refractivity contribution < 1.29 is 18.0 Å². The molecule has 0 bridgehead atoms. The molecule has 1 aromatic carbocycles. The molecule has 2 aliphatic rings. The zero-order valence-corrected chi connectivity index (χ0v) is 22.3. The van der Waals surface area contributed by atoms with E-state index in [4.69, 9.17) is 5.73 Å². The average molecular weight is 574 g/mol. The molecule has 0 radical (unpaired) electrons. The summed E-state index contributed by atoms with van der Waals surface area (Å²) in [6.07, 6.45) is -1.98. The molecule has 202 valence electrons. The fourth-order valence-corrected chi connectivity index (χ4v) is 7.33. The summed E-state index contributed by atoms with van der Waals surface area (Å²) in [5, 5.41) is 1.88. The number of halogens is 3. The number of anilines is 2. The number of benzene rings is 1. The number of nitrogens with zero attached hydrogens (tertiary/aromatic N) is 6. The molecule has 5 heterocycles. The second kappa shape index (κ2) is 9.23. The van der Waals surface area contributed by atoms with Crippen molar-refractivity contribution in [3.8, 4) is 11.1 Å². The highest BCUT2D eigenvalue weighted by molar-refractivity contribution is 7.99. The van der Waals surface area contributed by atoms with Gasteiger partial charge in [-0.1, -0.05) is 6.58 Å². The molecule has 1 amide bonds. The lowest BCUT2D eigenvalue weighted by Gasteiger charge is -2.36. The predicted molar refractivity (Wildman–Crippen MR) is 146 cm³/mol. The van der Waals surface area contributed by atoms with Gasteiger partial charge in [-0.05, 0) is 19.1 Å². The van der Waals surface area contributed by atoms with Gasteiger partial charge in [0.25, 0.3) is 0 Å². The third kappa shape index (κ3) is 4.13. The number of amides is 1. The number of piperazine rings is 1. The number of thioether (sulfide) groups is 1. The van der Waals surface area contributed by atoms with Crippen molar-refractivity contribution >= 4 is 61.9 Å². The standard InChI is InChI=1S/C25H22F3N7O2S2/c1-3-17(36)33-4-6-34(7-5-33)22-13-8-15(25(26,27)28)18(14-11-38-16-9-30-23(29)31-19(14)16)21-20(13)35(24(37)32-22)12(2)10-39-21/h3,8-9,11-12H,1,4-7,10H2,2H3,(H2,29,30,31). The molecule has 14 heteroatoms. The van der Waals surface area contributed by atoms with E-state index in [0.717, 1.165) is 6.07 Å². The Kier molecular flexibility index (Phi) is 6.06. The second-order valence-electron chi connectivity index (χ2n) is 9.38. The Labute approximate surface area is 228 Å². The molecule has 1 unspecified atom stereocenters. The van der Waals surface area contributed by atoms with Gasteiger partial charge in [-0.15, -0.1) is 23.1 Å². The normalized spacial score (nSPS) is 17.7. The molecule has 0 saturated carbocycles. The molecule has 2 N–H and O–H groups in total. The van der Waals surface area contributed by atoms with Crippen LogP contribution in [0.1, 0.15) is 18.5 Å². The molecule has 1 fully saturated rings. The summed E-state index contributed by atoms with van der Waals surface area (Å²) in [7, 11) is 0. The van der Waals surface area contributed by atoms with Gasteiger partial charge in [-0.3, -0.25) is 9.36 Å². The fourth-order valence-electron chi connectivity index (χ4n) is 5.20. The molecule has 0 spiro atoms. The Morgan fingerprint density at radius 3 is 2.67 bits per heavy atom. The Hall–Kier alpha value is -3.65. The number of fused-ring (bicyclic) bond motifs is 1. The van der Waals surface area contributed by atoms with Crippen LogP contribution in [0.4, 0.5) is 24.9 Å². The molecular weight excluding hydrogens is 551 g/mol. The highest BCUT2D eigenvalue weighted by Gasteiger charge is 2.39. The minimum atomic E-state index is -4.70. The van der Waals surface area contributed by atoms with Crippen molar-refractivity contribution in [1.29, 1.82) is 0 Å². The molecule has 39 heavy (non-hydrogen) atoms. The van der Waals surface area contributed by atoms with E-state index in [0.29, 0.717) is 58.1 Å². The number of alkyl halides is 3. The van der Waals surface area contributed by atoms with Gasteiger partial charge in [-0.2, -0.15) is 18.2 Å². The summed E-state index contributed by atoms with van der Waals surface area (Å²) >= 11 is 2.52. The molecule has 6 rings (SSSR count). The zero-order valence-electron chi connectivity index (χ0n) is 20.7. The first kappa shape index (κ1) is 25.6. The molecule has 2 aliphatic heterocycles. The van der Waals surface area contributed by atoms with Crippen molar-refractivity contribution in [3.63, 3.8) is 0 Å². The number of rotatable bonds is 3. The van der Waals surface area contributed by atoms with Crippen LogP contribution < -0.4 is 16.3 Å². The number of hydrogen-bond acceptors (Lipinski definition) is 9. The molecular formula is C25H22F3N7O2S2. The van der Waals surface area contributed by atoms with Crippen LogP contribution in [0.5, 0.6) is 0 Å². The zero-order chi connectivity index (χ0) is 27.6. The van der Waals surface area contributed by atoms with Crippen molar-refractivity contribution in [3.05, 3.63) is 46.3 Å². The van der Waals surface area contributed by atoms with E-state index in [1.165, 1.54) is 39.9 Å². The molecule has 0 aliphatic carbocycles. The number of aromatic nitrogens is 4. The van der Waals surface area contributed by atoms with Gasteiger partial charge in [0.05, 0.1) is 27.5 Å². The van der Waals surface area contributed by atoms with Gasteiger partial charge < -0.3 is 15.5 Å². The minimum Gasteiger partial charge on any atom is -0.368 e. The van der Waals surface area contributed by atoms with Gasteiger partial charge in [0.15, 0.2) is 0 Å². The van der Waals surface area contributed by atoms with E-state index in [1.54, 1.807) is 15.2 Å². The monoisotopic (exact) mass is 573 g/mol. The minimum absolute atomic E-state index is 0.0250. The van der Waals surface area contributed by atoms with Crippen LogP contribution in [-0.4, -0.2) is 62.3 Å². The van der Waals surface area contributed by atoms with Crippen molar-refractivity contribution in [2.75, 3.05) is 42.6 Å². The Morgan fingerprint density at radius 2 is 1.97 bits per heavy atom. The molecule has 1 saturated heterocycles. The number of carbonyl (C=O) groups excluding carboxylic acids is 1. The van der Waals surface area contributed by atoms with Gasteiger partial charge >= 0.3 is 11.9 Å². The Morgan fingerprint density at radius 1 is 1.23 bits per heavy atom. The van der Waals surface area contributed by atoms with E-state index < -0.39 is 17.4 Å². The topological polar surface area (TPSA) is 110 Å². The lowest BCUT2D eigenvalue weighted by atomic mass is 9.97. The first-order valence-electron chi connectivity index (χ1n) is 12.1. The first-order chi connectivity index (χ1) is 18.6. The number of nitrogen functional groups attached to an aromatic ring is 1. The van der Waals surface area contributed by atoms with Gasteiger partial charge in [0, 0.05) is 64.8 Å². The lowest BCUT2D eigenvalue weighted by Crippen LogP contribution is -2.49. The Bertz CT molecular complexity index is 1730.